The van der Waals surface area contributed by atoms with Crippen LogP contribution in [0, 0.1) is 5.92 Å². The van der Waals surface area contributed by atoms with Crippen molar-refractivity contribution in [3.05, 3.63) is 12.7 Å². The molecule has 35 heavy (non-hydrogen) atoms. The van der Waals surface area contributed by atoms with E-state index in [1.54, 1.807) is 33.4 Å². The van der Waals surface area contributed by atoms with Gasteiger partial charge in [-0.25, -0.2) is 4.99 Å². The van der Waals surface area contributed by atoms with Gasteiger partial charge in [0.25, 0.3) is 0 Å². The Morgan fingerprint density at radius 2 is 1.63 bits per heavy atom. The number of nitrogens with zero attached hydrogens (tertiary/aromatic N) is 4. The van der Waals surface area contributed by atoms with E-state index in [1.165, 1.54) is 6.42 Å². The molecule has 2 heterocycles. The Morgan fingerprint density at radius 3 is 2.17 bits per heavy atom. The molecule has 0 bridgehead atoms. The van der Waals surface area contributed by atoms with Crippen LogP contribution in [0.3, 0.4) is 0 Å². The first-order valence-corrected chi connectivity index (χ1v) is 12.7. The smallest absolute Gasteiger partial charge is 0.245 e. The third kappa shape index (κ3) is 7.37. The lowest BCUT2D eigenvalue weighted by Crippen LogP contribution is -2.56. The molecule has 10 heteroatoms. The second kappa shape index (κ2) is 14.6. The number of carbonyl (C=O) groups excluding carboxylic acids is 3. The SMILES string of the molecule is C=C/C=N\C(=NC)N1CCC2C1CCN2C(=O)C(NC(=O)[C@H](C)NC)C1CCCCC1.CNC=O. The number of likely N-dealkylation sites (tertiary alicyclic amines) is 2. The minimum atomic E-state index is -0.436. The van der Waals surface area contributed by atoms with E-state index in [0.29, 0.717) is 18.9 Å². The summed E-state index contributed by atoms with van der Waals surface area (Å²) in [5.41, 5.74) is 0. The Labute approximate surface area is 209 Å². The number of hydrogen-bond acceptors (Lipinski definition) is 5. The van der Waals surface area contributed by atoms with Gasteiger partial charge in [0.15, 0.2) is 0 Å². The molecule has 2 saturated heterocycles. The van der Waals surface area contributed by atoms with Crippen LogP contribution in [0.2, 0.25) is 0 Å². The van der Waals surface area contributed by atoms with E-state index in [-0.39, 0.29) is 35.9 Å². The Balaban J connectivity index is 0.00000100. The van der Waals surface area contributed by atoms with Crippen LogP contribution in [-0.4, -0.2) is 98.6 Å². The minimum Gasteiger partial charge on any atom is -0.362 e. The summed E-state index contributed by atoms with van der Waals surface area (Å²) in [6.07, 6.45) is 11.2. The van der Waals surface area contributed by atoms with Crippen LogP contribution < -0.4 is 16.0 Å². The standard InChI is InChI=1S/C23H38N6O2.C2H5NO/c1-5-13-26-23(25-4)29-15-12-18-19(29)11-14-28(18)22(31)20(17-9-7-6-8-10-17)27-21(30)16(2)24-3;1-3-2-4/h5,13,16-20,24H,1,6-12,14-15H2,2-4H3,(H,27,30);2H,1H3,(H,3,4)/b25-23?,26-13-;/t16-,18?,19?,20?;/m0./s1. The normalized spacial score (nSPS) is 24.3. The first-order chi connectivity index (χ1) is 16.9. The van der Waals surface area contributed by atoms with Gasteiger partial charge in [-0.3, -0.25) is 19.4 Å². The number of nitrogens with one attached hydrogen (secondary N) is 3. The van der Waals surface area contributed by atoms with E-state index < -0.39 is 6.04 Å². The van der Waals surface area contributed by atoms with Gasteiger partial charge in [0.2, 0.25) is 24.2 Å². The number of fused-ring (bicyclic) bond motifs is 1. The van der Waals surface area contributed by atoms with Crippen LogP contribution in [0.5, 0.6) is 0 Å². The second-order valence-corrected chi connectivity index (χ2v) is 9.28. The third-order valence-electron chi connectivity index (χ3n) is 7.24. The average molecular weight is 490 g/mol. The van der Waals surface area contributed by atoms with E-state index in [2.05, 4.69) is 37.4 Å². The monoisotopic (exact) mass is 489 g/mol. The molecule has 10 nitrogen and oxygen atoms in total. The van der Waals surface area contributed by atoms with Gasteiger partial charge in [-0.1, -0.05) is 31.9 Å². The molecule has 3 unspecified atom stereocenters. The van der Waals surface area contributed by atoms with E-state index in [9.17, 15) is 9.59 Å². The number of allylic oxidation sites excluding steroid dienone is 1. The number of aliphatic imine (C=N–C) groups is 2. The number of carbonyl (C=O) groups is 3. The molecule has 3 rings (SSSR count). The Bertz CT molecular complexity index is 779. The van der Waals surface area contributed by atoms with Crippen LogP contribution in [0.25, 0.3) is 0 Å². The van der Waals surface area contributed by atoms with Gasteiger partial charge in [0.05, 0.1) is 18.1 Å². The highest BCUT2D eigenvalue weighted by Gasteiger charge is 2.47. The predicted molar refractivity (Wildman–Crippen MR) is 139 cm³/mol. The summed E-state index contributed by atoms with van der Waals surface area (Å²) in [4.78, 5) is 48.5. The van der Waals surface area contributed by atoms with E-state index in [0.717, 1.165) is 45.1 Å². The van der Waals surface area contributed by atoms with Gasteiger partial charge < -0.3 is 25.8 Å². The molecule has 3 fully saturated rings. The largest absolute Gasteiger partial charge is 0.362 e. The summed E-state index contributed by atoms with van der Waals surface area (Å²) in [5, 5.41) is 8.34. The van der Waals surface area contributed by atoms with Crippen LogP contribution in [0.4, 0.5) is 0 Å². The molecule has 0 aromatic heterocycles. The predicted octanol–water partition coefficient (Wildman–Crippen LogP) is 0.939. The van der Waals surface area contributed by atoms with E-state index in [4.69, 9.17) is 4.79 Å². The van der Waals surface area contributed by atoms with E-state index in [1.807, 2.05) is 11.8 Å². The van der Waals surface area contributed by atoms with Crippen molar-refractivity contribution < 1.29 is 14.4 Å². The highest BCUT2D eigenvalue weighted by molar-refractivity contribution is 5.92. The van der Waals surface area contributed by atoms with E-state index >= 15 is 0 Å². The zero-order valence-electron chi connectivity index (χ0n) is 21.7. The maximum Gasteiger partial charge on any atom is 0.245 e. The van der Waals surface area contributed by atoms with Crippen molar-refractivity contribution in [2.24, 2.45) is 15.9 Å². The van der Waals surface area contributed by atoms with Crippen LogP contribution >= 0.6 is 0 Å². The van der Waals surface area contributed by atoms with Crippen molar-refractivity contribution in [3.8, 4) is 0 Å². The molecular formula is C25H43N7O3. The zero-order valence-corrected chi connectivity index (χ0v) is 21.7. The molecule has 1 aliphatic carbocycles. The highest BCUT2D eigenvalue weighted by atomic mass is 16.2. The maximum absolute atomic E-state index is 13.8. The van der Waals surface area contributed by atoms with Crippen LogP contribution in [-0.2, 0) is 14.4 Å². The summed E-state index contributed by atoms with van der Waals surface area (Å²) in [7, 11) is 5.08. The van der Waals surface area contributed by atoms with Gasteiger partial charge in [0, 0.05) is 33.4 Å². The van der Waals surface area contributed by atoms with Crippen LogP contribution in [0.1, 0.15) is 51.9 Å². The molecule has 0 aromatic carbocycles. The Morgan fingerprint density at radius 1 is 1.03 bits per heavy atom. The molecule has 0 radical (unpaired) electrons. The van der Waals surface area contributed by atoms with Crippen molar-refractivity contribution in [3.63, 3.8) is 0 Å². The fourth-order valence-electron chi connectivity index (χ4n) is 5.32. The fourth-order valence-corrected chi connectivity index (χ4v) is 5.32. The molecule has 0 aromatic rings. The third-order valence-corrected chi connectivity index (χ3v) is 7.24. The summed E-state index contributed by atoms with van der Waals surface area (Å²) < 4.78 is 0. The lowest BCUT2D eigenvalue weighted by atomic mass is 9.83. The number of amides is 3. The summed E-state index contributed by atoms with van der Waals surface area (Å²) in [6, 6.07) is -0.385. The highest BCUT2D eigenvalue weighted by Crippen LogP contribution is 2.34. The topological polar surface area (TPSA) is 118 Å². The first-order valence-electron chi connectivity index (χ1n) is 12.7. The van der Waals surface area contributed by atoms with Crippen molar-refractivity contribution >= 4 is 30.4 Å². The molecule has 4 atom stereocenters. The lowest BCUT2D eigenvalue weighted by Gasteiger charge is -2.35. The van der Waals surface area contributed by atoms with Gasteiger partial charge in [0.1, 0.15) is 6.04 Å². The van der Waals surface area contributed by atoms with Gasteiger partial charge >= 0.3 is 0 Å². The molecule has 196 valence electrons. The van der Waals surface area contributed by atoms with Crippen LogP contribution in [0.15, 0.2) is 22.6 Å². The summed E-state index contributed by atoms with van der Waals surface area (Å²) in [6.45, 7) is 7.06. The molecule has 3 aliphatic rings. The fraction of sp³-hybridized carbons (Fsp3) is 0.720. The van der Waals surface area contributed by atoms with Gasteiger partial charge in [-0.2, -0.15) is 0 Å². The number of rotatable bonds is 7. The quantitative estimate of drug-likeness (QED) is 0.279. The second-order valence-electron chi connectivity index (χ2n) is 9.28. The molecule has 2 aliphatic heterocycles. The molecule has 1 saturated carbocycles. The van der Waals surface area contributed by atoms with Crippen molar-refractivity contribution in [1.82, 2.24) is 25.8 Å². The lowest BCUT2D eigenvalue weighted by molar-refractivity contribution is -0.139. The Kier molecular flexibility index (Phi) is 11.9. The molecule has 3 N–H and O–H groups in total. The first kappa shape index (κ1) is 28.5. The maximum atomic E-state index is 13.8. The molecule has 3 amide bonds. The zero-order chi connectivity index (χ0) is 25.8. The molecule has 0 spiro atoms. The Hall–Kier alpha value is -2.75. The average Bonchev–Trinajstić information content (AvgIpc) is 3.50. The molecular weight excluding hydrogens is 446 g/mol. The summed E-state index contributed by atoms with van der Waals surface area (Å²) in [5.74, 6) is 0.898. The number of hydrogen-bond donors (Lipinski definition) is 3. The minimum absolute atomic E-state index is 0.0856. The van der Waals surface area contributed by atoms with Crippen molar-refractivity contribution in [2.45, 2.75) is 76.0 Å². The van der Waals surface area contributed by atoms with Gasteiger partial charge in [-0.15, -0.1) is 0 Å². The van der Waals surface area contributed by atoms with Crippen molar-refractivity contribution in [2.75, 3.05) is 34.2 Å². The van der Waals surface area contributed by atoms with Crippen molar-refractivity contribution in [1.29, 1.82) is 0 Å². The summed E-state index contributed by atoms with van der Waals surface area (Å²) >= 11 is 0. The van der Waals surface area contributed by atoms with Gasteiger partial charge in [-0.05, 0) is 45.6 Å². The number of guanidine groups is 1. The number of likely N-dealkylation sites (N-methyl/N-ethyl adjacent to an activating group) is 1.